The van der Waals surface area contributed by atoms with Crippen molar-refractivity contribution >= 4 is 6.29 Å². The zero-order chi connectivity index (χ0) is 13.0. The van der Waals surface area contributed by atoms with Crippen LogP contribution in [0.5, 0.6) is 5.75 Å². The maximum Gasteiger partial charge on any atom is 0.153 e. The van der Waals surface area contributed by atoms with Crippen LogP contribution in [-0.2, 0) is 13.2 Å². The van der Waals surface area contributed by atoms with E-state index in [-0.39, 0.29) is 5.56 Å². The maximum atomic E-state index is 12.9. The fraction of sp³-hybridized carbons (Fsp3) is 0.231. The molecule has 0 amide bonds. The van der Waals surface area contributed by atoms with Crippen LogP contribution in [0.3, 0.4) is 0 Å². The molecule has 1 heterocycles. The number of ether oxygens (including phenoxy) is 1. The van der Waals surface area contributed by atoms with Crippen LogP contribution in [-0.4, -0.2) is 15.8 Å². The number of benzene rings is 1. The van der Waals surface area contributed by atoms with Crippen molar-refractivity contribution in [2.45, 2.75) is 20.1 Å². The van der Waals surface area contributed by atoms with Crippen LogP contribution < -0.4 is 4.74 Å². The van der Waals surface area contributed by atoms with Gasteiger partial charge >= 0.3 is 0 Å². The Balaban J connectivity index is 2.13. The van der Waals surface area contributed by atoms with E-state index < -0.39 is 5.82 Å². The Bertz CT molecular complexity index is 552. The lowest BCUT2D eigenvalue weighted by Crippen LogP contribution is -2.05. The van der Waals surface area contributed by atoms with Gasteiger partial charge in [0.2, 0.25) is 0 Å². The van der Waals surface area contributed by atoms with Crippen molar-refractivity contribution in [3.63, 3.8) is 0 Å². The molecule has 0 unspecified atom stereocenters. The standard InChI is InChI=1S/C13H13FN2O2/c1-2-16-9-15-6-12(16)8-18-13-4-3-11(14)5-10(13)7-17/h3-7,9H,2,8H2,1H3. The van der Waals surface area contributed by atoms with Crippen LogP contribution in [0.15, 0.2) is 30.7 Å². The normalized spacial score (nSPS) is 10.3. The molecule has 0 fully saturated rings. The summed E-state index contributed by atoms with van der Waals surface area (Å²) in [6, 6.07) is 3.87. The van der Waals surface area contributed by atoms with Crippen LogP contribution in [0, 0.1) is 5.82 Å². The maximum absolute atomic E-state index is 12.9. The molecule has 0 radical (unpaired) electrons. The second-order valence-corrected chi connectivity index (χ2v) is 3.76. The molecule has 0 saturated carbocycles. The molecule has 0 aliphatic heterocycles. The van der Waals surface area contributed by atoms with Crippen LogP contribution in [0.25, 0.3) is 0 Å². The highest BCUT2D eigenvalue weighted by Gasteiger charge is 2.06. The molecule has 0 N–H and O–H groups in total. The van der Waals surface area contributed by atoms with Crippen molar-refractivity contribution in [1.29, 1.82) is 0 Å². The highest BCUT2D eigenvalue weighted by Crippen LogP contribution is 2.19. The number of carbonyl (C=O) groups is 1. The highest BCUT2D eigenvalue weighted by atomic mass is 19.1. The van der Waals surface area contributed by atoms with E-state index in [1.54, 1.807) is 12.5 Å². The predicted molar refractivity (Wildman–Crippen MR) is 64.0 cm³/mol. The zero-order valence-corrected chi connectivity index (χ0v) is 9.97. The number of aldehydes is 1. The van der Waals surface area contributed by atoms with E-state index in [0.29, 0.717) is 18.6 Å². The summed E-state index contributed by atoms with van der Waals surface area (Å²) in [4.78, 5) is 14.8. The Hall–Kier alpha value is -2.17. The van der Waals surface area contributed by atoms with E-state index in [2.05, 4.69) is 4.98 Å². The predicted octanol–water partition coefficient (Wildman–Crippen LogP) is 2.43. The summed E-state index contributed by atoms with van der Waals surface area (Å²) in [6.07, 6.45) is 3.99. The van der Waals surface area contributed by atoms with E-state index in [0.717, 1.165) is 18.3 Å². The number of carbonyl (C=O) groups excluding carboxylic acids is 1. The minimum atomic E-state index is -0.456. The van der Waals surface area contributed by atoms with Crippen LogP contribution in [0.4, 0.5) is 4.39 Å². The molecular weight excluding hydrogens is 235 g/mol. The number of hydrogen-bond donors (Lipinski definition) is 0. The van der Waals surface area contributed by atoms with Gasteiger partial charge in [0.15, 0.2) is 6.29 Å². The molecule has 2 aromatic rings. The van der Waals surface area contributed by atoms with Gasteiger partial charge in [0, 0.05) is 6.54 Å². The first kappa shape index (κ1) is 12.3. The fourth-order valence-electron chi connectivity index (χ4n) is 1.65. The number of aromatic nitrogens is 2. The summed E-state index contributed by atoms with van der Waals surface area (Å²) in [6.45, 7) is 3.09. The number of halogens is 1. The van der Waals surface area contributed by atoms with Crippen molar-refractivity contribution in [2.75, 3.05) is 0 Å². The molecular formula is C13H13FN2O2. The summed E-state index contributed by atoms with van der Waals surface area (Å²) in [5.41, 5.74) is 1.11. The van der Waals surface area contributed by atoms with Crippen LogP contribution in [0.1, 0.15) is 23.0 Å². The summed E-state index contributed by atoms with van der Waals surface area (Å²) in [5.74, 6) is -0.0849. The molecule has 0 aliphatic carbocycles. The second kappa shape index (κ2) is 5.44. The zero-order valence-electron chi connectivity index (χ0n) is 9.97. The molecule has 4 nitrogen and oxygen atoms in total. The molecule has 94 valence electrons. The van der Waals surface area contributed by atoms with Crippen molar-refractivity contribution < 1.29 is 13.9 Å². The molecule has 1 aromatic heterocycles. The van der Waals surface area contributed by atoms with E-state index in [4.69, 9.17) is 4.74 Å². The monoisotopic (exact) mass is 248 g/mol. The largest absolute Gasteiger partial charge is 0.487 e. The Kier molecular flexibility index (Phi) is 3.72. The molecule has 0 saturated heterocycles. The Morgan fingerprint density at radius 2 is 2.33 bits per heavy atom. The number of nitrogens with zero attached hydrogens (tertiary/aromatic N) is 2. The minimum Gasteiger partial charge on any atom is -0.487 e. The summed E-state index contributed by atoms with van der Waals surface area (Å²) in [7, 11) is 0. The van der Waals surface area contributed by atoms with E-state index >= 15 is 0 Å². The fourth-order valence-corrected chi connectivity index (χ4v) is 1.65. The third-order valence-corrected chi connectivity index (χ3v) is 2.61. The van der Waals surface area contributed by atoms with Gasteiger partial charge in [-0.15, -0.1) is 0 Å². The lowest BCUT2D eigenvalue weighted by Gasteiger charge is -2.09. The third kappa shape index (κ3) is 2.56. The highest BCUT2D eigenvalue weighted by molar-refractivity contribution is 5.79. The molecule has 0 bridgehead atoms. The topological polar surface area (TPSA) is 44.1 Å². The Morgan fingerprint density at radius 3 is 3.06 bits per heavy atom. The van der Waals surface area contributed by atoms with Gasteiger partial charge in [-0.05, 0) is 25.1 Å². The first-order chi connectivity index (χ1) is 8.74. The van der Waals surface area contributed by atoms with Gasteiger partial charge in [-0.3, -0.25) is 4.79 Å². The van der Waals surface area contributed by atoms with Gasteiger partial charge in [-0.1, -0.05) is 0 Å². The summed E-state index contributed by atoms with van der Waals surface area (Å²) < 4.78 is 20.4. The first-order valence-corrected chi connectivity index (χ1v) is 5.61. The van der Waals surface area contributed by atoms with Crippen LogP contribution in [0.2, 0.25) is 0 Å². The van der Waals surface area contributed by atoms with Gasteiger partial charge in [0.1, 0.15) is 18.2 Å². The smallest absolute Gasteiger partial charge is 0.153 e. The summed E-state index contributed by atoms with van der Waals surface area (Å²) >= 11 is 0. The molecule has 1 aromatic carbocycles. The average molecular weight is 248 g/mol. The lowest BCUT2D eigenvalue weighted by molar-refractivity contribution is 0.111. The van der Waals surface area contributed by atoms with E-state index in [1.165, 1.54) is 12.1 Å². The molecule has 18 heavy (non-hydrogen) atoms. The summed E-state index contributed by atoms with van der Waals surface area (Å²) in [5, 5.41) is 0. The third-order valence-electron chi connectivity index (χ3n) is 2.61. The van der Waals surface area contributed by atoms with Crippen molar-refractivity contribution in [1.82, 2.24) is 9.55 Å². The van der Waals surface area contributed by atoms with Gasteiger partial charge in [0.05, 0.1) is 23.8 Å². The number of aryl methyl sites for hydroxylation is 1. The van der Waals surface area contributed by atoms with Gasteiger partial charge in [0.25, 0.3) is 0 Å². The number of hydrogen-bond acceptors (Lipinski definition) is 3. The molecule has 5 heteroatoms. The molecule has 2 rings (SSSR count). The van der Waals surface area contributed by atoms with E-state index in [1.807, 2.05) is 11.5 Å². The van der Waals surface area contributed by atoms with Gasteiger partial charge < -0.3 is 9.30 Å². The van der Waals surface area contributed by atoms with Crippen molar-refractivity contribution in [2.24, 2.45) is 0 Å². The van der Waals surface area contributed by atoms with Crippen molar-refractivity contribution in [3.8, 4) is 5.75 Å². The SMILES string of the molecule is CCn1cncc1COc1ccc(F)cc1C=O. The Morgan fingerprint density at radius 1 is 1.50 bits per heavy atom. The minimum absolute atomic E-state index is 0.206. The van der Waals surface area contributed by atoms with E-state index in [9.17, 15) is 9.18 Å². The first-order valence-electron chi connectivity index (χ1n) is 5.61. The molecule has 0 aliphatic rings. The van der Waals surface area contributed by atoms with Gasteiger partial charge in [-0.25, -0.2) is 9.37 Å². The molecule has 0 spiro atoms. The lowest BCUT2D eigenvalue weighted by atomic mass is 10.2. The second-order valence-electron chi connectivity index (χ2n) is 3.76. The number of rotatable bonds is 5. The average Bonchev–Trinajstić information content (AvgIpc) is 2.84. The molecule has 0 atom stereocenters. The van der Waals surface area contributed by atoms with Crippen molar-refractivity contribution in [3.05, 3.63) is 47.8 Å². The quantitative estimate of drug-likeness (QED) is 0.763. The Labute approximate surface area is 104 Å². The number of imidazole rings is 1. The van der Waals surface area contributed by atoms with Crippen LogP contribution >= 0.6 is 0 Å². The van der Waals surface area contributed by atoms with Gasteiger partial charge in [-0.2, -0.15) is 0 Å².